The summed E-state index contributed by atoms with van der Waals surface area (Å²) in [5.74, 6) is -2.70. The maximum absolute atomic E-state index is 15.0. The average Bonchev–Trinajstić information content (AvgIpc) is 3.25. The van der Waals surface area contributed by atoms with Gasteiger partial charge in [0.2, 0.25) is 6.29 Å². The first kappa shape index (κ1) is 50.5. The second-order valence-corrected chi connectivity index (χ2v) is 22.9. The molecular formula is C47H74O19. The predicted octanol–water partition coefficient (Wildman–Crippen LogP) is -0.157. The fourth-order valence-electron chi connectivity index (χ4n) is 14.7. The largest absolute Gasteiger partial charge is 0.481 e. The maximum Gasteiger partial charge on any atom is 0.315 e. The molecule has 3 heterocycles. The number of rotatable bonds is 8. The summed E-state index contributed by atoms with van der Waals surface area (Å²) >= 11 is 0. The molecule has 4 saturated carbocycles. The van der Waals surface area contributed by atoms with Crippen LogP contribution < -0.4 is 0 Å². The summed E-state index contributed by atoms with van der Waals surface area (Å²) in [5, 5.41) is 118. The molecule has 8 rings (SSSR count). The smallest absolute Gasteiger partial charge is 0.315 e. The second-order valence-electron chi connectivity index (χ2n) is 22.9. The fourth-order valence-corrected chi connectivity index (χ4v) is 14.7. The molecule has 66 heavy (non-hydrogen) atoms. The molecule has 8 aliphatic rings. The van der Waals surface area contributed by atoms with Crippen LogP contribution in [0.25, 0.3) is 0 Å². The fraction of sp³-hybridized carbons (Fsp3) is 0.915. The van der Waals surface area contributed by atoms with E-state index in [-0.39, 0.29) is 30.3 Å². The summed E-state index contributed by atoms with van der Waals surface area (Å²) in [6, 6.07) is 0. The summed E-state index contributed by atoms with van der Waals surface area (Å²) < 4.78 is 35.4. The van der Waals surface area contributed by atoms with Gasteiger partial charge in [-0.25, -0.2) is 0 Å². The molecule has 0 radical (unpaired) electrons. The summed E-state index contributed by atoms with van der Waals surface area (Å²) in [6.45, 7) is 12.9. The summed E-state index contributed by atoms with van der Waals surface area (Å²) in [5.41, 5.74) is -3.43. The van der Waals surface area contributed by atoms with E-state index in [1.54, 1.807) is 6.92 Å². The topological polar surface area (TPSA) is 312 Å². The van der Waals surface area contributed by atoms with Gasteiger partial charge in [0.1, 0.15) is 61.0 Å². The molecule has 3 aliphatic heterocycles. The van der Waals surface area contributed by atoms with Crippen LogP contribution in [-0.2, 0) is 38.0 Å². The van der Waals surface area contributed by atoms with Crippen molar-refractivity contribution in [2.45, 2.75) is 204 Å². The Morgan fingerprint density at radius 1 is 0.712 bits per heavy atom. The Balaban J connectivity index is 1.08. The van der Waals surface area contributed by atoms with Gasteiger partial charge in [-0.05, 0) is 111 Å². The van der Waals surface area contributed by atoms with Gasteiger partial charge >= 0.3 is 11.9 Å². The van der Waals surface area contributed by atoms with Crippen LogP contribution in [0.4, 0.5) is 0 Å². The molecule has 5 aliphatic carbocycles. The van der Waals surface area contributed by atoms with Crippen LogP contribution in [0, 0.1) is 50.2 Å². The highest BCUT2D eigenvalue weighted by atomic mass is 16.8. The van der Waals surface area contributed by atoms with Crippen molar-refractivity contribution in [2.75, 3.05) is 13.2 Å². The van der Waals surface area contributed by atoms with Crippen molar-refractivity contribution < 1.29 is 94.2 Å². The molecule has 0 aromatic rings. The Bertz CT molecular complexity index is 1860. The van der Waals surface area contributed by atoms with Crippen LogP contribution in [0.2, 0.25) is 0 Å². The standard InChI is InChI=1S/C47H74O19/c1-20-28(51)31(54)33(56)37(62-20)64-35-29(52)24(50)19-61-39(35)66-41(60)47-14-12-42(2,3)16-22(47)21-8-9-26-43(4)17-23(49)36(65-38-34(57)32(55)30(53)25(18-48)63-38)46(7,40(58)59)27(43)10-11-45(26,6)44(21,5)13-15-47/h8,20,22-39,48-57H,9-19H2,1-7H3,(H,58,59)/t20-,22-,23-,24-,25+,26+,27+,28-,29-,30+,31+,32-,33+,34+,35+,36-,37-,38-,39-,43+,44+,45+,46-,47-/m0/s1. The minimum absolute atomic E-state index is 0.128. The van der Waals surface area contributed by atoms with Crippen molar-refractivity contribution >= 4 is 11.9 Å². The number of carboxylic acid groups (broad SMARTS) is 1. The van der Waals surface area contributed by atoms with Crippen molar-refractivity contribution in [1.82, 2.24) is 0 Å². The number of hydrogen-bond acceptors (Lipinski definition) is 18. The van der Waals surface area contributed by atoms with Gasteiger partial charge in [-0.1, -0.05) is 46.3 Å². The predicted molar refractivity (Wildman–Crippen MR) is 226 cm³/mol. The number of aliphatic hydroxyl groups excluding tert-OH is 10. The highest BCUT2D eigenvalue weighted by molar-refractivity contribution is 5.79. The molecule has 0 aromatic heterocycles. The molecule has 24 atom stereocenters. The molecule has 376 valence electrons. The van der Waals surface area contributed by atoms with E-state index in [4.69, 9.17) is 28.4 Å². The van der Waals surface area contributed by atoms with Gasteiger partial charge in [-0.15, -0.1) is 0 Å². The quantitative estimate of drug-likeness (QED) is 0.0856. The molecule has 19 nitrogen and oxygen atoms in total. The van der Waals surface area contributed by atoms with E-state index >= 15 is 4.79 Å². The van der Waals surface area contributed by atoms with Crippen LogP contribution in [0.5, 0.6) is 0 Å². The number of hydrogen-bond donors (Lipinski definition) is 11. The van der Waals surface area contributed by atoms with E-state index in [0.717, 1.165) is 5.57 Å². The lowest BCUT2D eigenvalue weighted by atomic mass is 9.33. The van der Waals surface area contributed by atoms with Gasteiger partial charge in [-0.2, -0.15) is 0 Å². The Kier molecular flexibility index (Phi) is 13.3. The normalized spacial score (nSPS) is 54.7. The number of carbonyl (C=O) groups is 2. The van der Waals surface area contributed by atoms with E-state index in [1.165, 1.54) is 6.92 Å². The molecule has 0 amide bonds. The zero-order chi connectivity index (χ0) is 48.4. The van der Waals surface area contributed by atoms with Gasteiger partial charge in [-0.3, -0.25) is 9.59 Å². The molecule has 0 unspecified atom stereocenters. The van der Waals surface area contributed by atoms with Gasteiger partial charge in [0.15, 0.2) is 18.7 Å². The zero-order valence-electron chi connectivity index (χ0n) is 39.0. The molecule has 3 saturated heterocycles. The maximum atomic E-state index is 15.0. The molecule has 19 heteroatoms. The average molecular weight is 943 g/mol. The van der Waals surface area contributed by atoms with E-state index in [2.05, 4.69) is 40.7 Å². The molecule has 7 fully saturated rings. The van der Waals surface area contributed by atoms with Crippen molar-refractivity contribution in [1.29, 1.82) is 0 Å². The van der Waals surface area contributed by atoms with Crippen LogP contribution in [0.3, 0.4) is 0 Å². The van der Waals surface area contributed by atoms with Gasteiger partial charge in [0.25, 0.3) is 0 Å². The number of ether oxygens (including phenoxy) is 6. The minimum atomic E-state index is -1.79. The van der Waals surface area contributed by atoms with E-state index in [0.29, 0.717) is 51.4 Å². The van der Waals surface area contributed by atoms with Gasteiger partial charge < -0.3 is 84.6 Å². The summed E-state index contributed by atoms with van der Waals surface area (Å²) in [6.07, 6.45) is -17.5. The third-order valence-electron chi connectivity index (χ3n) is 19.0. The van der Waals surface area contributed by atoms with Crippen LogP contribution in [0.15, 0.2) is 11.6 Å². The highest BCUT2D eigenvalue weighted by Gasteiger charge is 2.73. The molecule has 11 N–H and O–H groups in total. The lowest BCUT2D eigenvalue weighted by molar-refractivity contribution is -0.350. The zero-order valence-corrected chi connectivity index (χ0v) is 39.0. The summed E-state index contributed by atoms with van der Waals surface area (Å²) in [4.78, 5) is 28.7. The number of carboxylic acids is 1. The number of carbonyl (C=O) groups excluding carboxylic acids is 1. The second kappa shape index (κ2) is 17.4. The molecule has 0 spiro atoms. The molecule has 0 bridgehead atoms. The summed E-state index contributed by atoms with van der Waals surface area (Å²) in [7, 11) is 0. The number of aliphatic hydroxyl groups is 10. The number of fused-ring (bicyclic) bond motifs is 7. The van der Waals surface area contributed by atoms with Crippen LogP contribution >= 0.6 is 0 Å². The van der Waals surface area contributed by atoms with E-state index in [1.807, 2.05) is 0 Å². The lowest BCUT2D eigenvalue weighted by Crippen LogP contribution is -2.70. The van der Waals surface area contributed by atoms with Crippen molar-refractivity contribution in [3.05, 3.63) is 11.6 Å². The van der Waals surface area contributed by atoms with Gasteiger partial charge in [0.05, 0.1) is 36.3 Å². The molecular weight excluding hydrogens is 868 g/mol. The first-order valence-electron chi connectivity index (χ1n) is 23.8. The minimum Gasteiger partial charge on any atom is -0.481 e. The Labute approximate surface area is 385 Å². The SMILES string of the molecule is C[C@@H]1O[C@@H](O[C@H]2[C@H](OC(=O)[C@]34CCC(C)(C)C[C@H]3C3=CC[C@@H]5[C@@]6(C)C[C@H](O)[C@H](O[C@@H]7O[C@H](CO)[C@@H](O)[C@H](O)[C@H]7O)[C@@](C)(C(=O)O)[C@@H]6CC[C@@]5(C)[C@]3(C)CC4)OC[C@H](O)[C@@H]2O)[C@H](O)[C@H](O)[C@H]1O. The third kappa shape index (κ3) is 7.56. The van der Waals surface area contributed by atoms with Gasteiger partial charge in [0, 0.05) is 0 Å². The van der Waals surface area contributed by atoms with Crippen molar-refractivity contribution in [3.8, 4) is 0 Å². The number of allylic oxidation sites excluding steroid dienone is 2. The van der Waals surface area contributed by atoms with Crippen molar-refractivity contribution in [3.63, 3.8) is 0 Å². The first-order chi connectivity index (χ1) is 30.7. The Morgan fingerprint density at radius 2 is 1.35 bits per heavy atom. The van der Waals surface area contributed by atoms with Crippen LogP contribution in [0.1, 0.15) is 106 Å². The molecule has 0 aromatic carbocycles. The third-order valence-corrected chi connectivity index (χ3v) is 19.0. The van der Waals surface area contributed by atoms with Crippen LogP contribution in [-0.4, -0.2) is 180 Å². The Morgan fingerprint density at radius 3 is 2.00 bits per heavy atom. The van der Waals surface area contributed by atoms with E-state index in [9.17, 15) is 61.0 Å². The number of aliphatic carboxylic acids is 1. The Hall–Kier alpha value is -1.92. The number of esters is 1. The van der Waals surface area contributed by atoms with Crippen molar-refractivity contribution in [2.24, 2.45) is 50.2 Å². The lowest BCUT2D eigenvalue weighted by Gasteiger charge is -2.71. The van der Waals surface area contributed by atoms with E-state index < -0.39 is 150 Å². The monoisotopic (exact) mass is 942 g/mol. The highest BCUT2D eigenvalue weighted by Crippen LogP contribution is 2.76. The first-order valence-corrected chi connectivity index (χ1v) is 23.8.